The number of allylic oxidation sites excluding steroid dienone is 1. The van der Waals surface area contributed by atoms with Crippen molar-refractivity contribution in [2.24, 2.45) is 5.16 Å². The molecule has 0 saturated carbocycles. The number of aryl methyl sites for hydroxylation is 1. The van der Waals surface area contributed by atoms with Crippen molar-refractivity contribution in [3.8, 4) is 6.07 Å². The van der Waals surface area contributed by atoms with Gasteiger partial charge in [0.25, 0.3) is 5.56 Å². The molecule has 2 aliphatic heterocycles. The van der Waals surface area contributed by atoms with Crippen LogP contribution in [0.5, 0.6) is 0 Å². The number of fused-ring (bicyclic) bond motifs is 1. The second-order valence-electron chi connectivity index (χ2n) is 9.33. The highest BCUT2D eigenvalue weighted by Gasteiger charge is 2.27. The maximum atomic E-state index is 13.8. The minimum atomic E-state index is -0.120. The van der Waals surface area contributed by atoms with E-state index in [1.165, 1.54) is 6.42 Å². The van der Waals surface area contributed by atoms with E-state index in [1.807, 2.05) is 36.6 Å². The summed E-state index contributed by atoms with van der Waals surface area (Å²) in [6, 6.07) is 12.5. The van der Waals surface area contributed by atoms with Gasteiger partial charge in [0.1, 0.15) is 35.1 Å². The second-order valence-corrected chi connectivity index (χ2v) is 9.33. The molecule has 0 aliphatic carbocycles. The Balaban J connectivity index is 1.62. The fourth-order valence-corrected chi connectivity index (χ4v) is 5.17. The molecule has 0 radical (unpaired) electrons. The number of oxime groups is 1. The number of aromatic nitrogens is 3. The van der Waals surface area contributed by atoms with Crippen LogP contribution in [0.15, 0.2) is 57.8 Å². The maximum Gasteiger partial charge on any atom is 0.277 e. The molecule has 8 heteroatoms. The summed E-state index contributed by atoms with van der Waals surface area (Å²) in [7, 11) is 0. The molecule has 2 aromatic heterocycles. The molecule has 0 N–H and O–H groups in total. The van der Waals surface area contributed by atoms with Crippen LogP contribution in [-0.4, -0.2) is 39.5 Å². The van der Waals surface area contributed by atoms with Crippen molar-refractivity contribution < 1.29 is 4.84 Å². The van der Waals surface area contributed by atoms with Gasteiger partial charge >= 0.3 is 0 Å². The Morgan fingerprint density at radius 3 is 2.60 bits per heavy atom. The quantitative estimate of drug-likeness (QED) is 0.538. The summed E-state index contributed by atoms with van der Waals surface area (Å²) in [5.41, 5.74) is 5.54. The summed E-state index contributed by atoms with van der Waals surface area (Å²) in [5, 5.41) is 14.2. The first-order valence-corrected chi connectivity index (χ1v) is 12.2. The lowest BCUT2D eigenvalue weighted by Gasteiger charge is -2.30. The zero-order valence-electron chi connectivity index (χ0n) is 20.3. The van der Waals surface area contributed by atoms with Crippen molar-refractivity contribution in [1.29, 1.82) is 5.26 Å². The highest BCUT2D eigenvalue weighted by atomic mass is 16.6. The fraction of sp³-hybridized carbons (Fsp3) is 0.407. The van der Waals surface area contributed by atoms with Crippen LogP contribution in [0.1, 0.15) is 50.7 Å². The Labute approximate surface area is 204 Å². The molecule has 0 spiro atoms. The first-order chi connectivity index (χ1) is 17.1. The van der Waals surface area contributed by atoms with Gasteiger partial charge in [-0.05, 0) is 56.2 Å². The number of nitrogens with zero attached hydrogens (tertiary/aromatic N) is 6. The lowest BCUT2D eigenvalue weighted by atomic mass is 10.0. The molecule has 1 aromatic carbocycles. The molecule has 1 saturated heterocycles. The van der Waals surface area contributed by atoms with Crippen LogP contribution in [0.3, 0.4) is 0 Å². The van der Waals surface area contributed by atoms with Gasteiger partial charge in [0.05, 0.1) is 12.0 Å². The van der Waals surface area contributed by atoms with Crippen molar-refractivity contribution >= 4 is 22.6 Å². The number of hydrogen-bond acceptors (Lipinski definition) is 6. The van der Waals surface area contributed by atoms with Crippen LogP contribution in [0.4, 0.5) is 5.82 Å². The highest BCUT2D eigenvalue weighted by molar-refractivity contribution is 5.98. The minimum absolute atomic E-state index is 0.120. The topological polar surface area (TPSA) is 88.4 Å². The first kappa shape index (κ1) is 22.9. The van der Waals surface area contributed by atoms with E-state index in [2.05, 4.69) is 33.2 Å². The van der Waals surface area contributed by atoms with Crippen LogP contribution >= 0.6 is 0 Å². The maximum absolute atomic E-state index is 13.8. The monoisotopic (exact) mass is 470 g/mol. The Morgan fingerprint density at radius 2 is 1.89 bits per heavy atom. The molecule has 2 aliphatic rings. The number of benzene rings is 1. The molecule has 0 bridgehead atoms. The van der Waals surface area contributed by atoms with Crippen molar-refractivity contribution in [1.82, 2.24) is 14.1 Å². The molecule has 1 fully saturated rings. The molecule has 5 rings (SSSR count). The third kappa shape index (κ3) is 4.34. The average molecular weight is 471 g/mol. The summed E-state index contributed by atoms with van der Waals surface area (Å²) in [6.45, 7) is 7.19. The molecule has 180 valence electrons. The number of hydrogen-bond donors (Lipinski definition) is 0. The first-order valence-electron chi connectivity index (χ1n) is 12.2. The number of anilines is 1. The Hall–Kier alpha value is -3.86. The third-order valence-corrected chi connectivity index (χ3v) is 6.99. The van der Waals surface area contributed by atoms with E-state index < -0.39 is 0 Å². The smallest absolute Gasteiger partial charge is 0.277 e. The normalized spacial score (nSPS) is 16.3. The van der Waals surface area contributed by atoms with Gasteiger partial charge in [-0.2, -0.15) is 5.26 Å². The van der Waals surface area contributed by atoms with Gasteiger partial charge in [-0.15, -0.1) is 0 Å². The predicted octanol–water partition coefficient (Wildman–Crippen LogP) is 4.22. The van der Waals surface area contributed by atoms with Crippen molar-refractivity contribution in [3.63, 3.8) is 0 Å². The van der Waals surface area contributed by atoms with Gasteiger partial charge in [0.15, 0.2) is 0 Å². The Morgan fingerprint density at radius 1 is 1.11 bits per heavy atom. The van der Waals surface area contributed by atoms with E-state index in [9.17, 15) is 10.1 Å². The summed E-state index contributed by atoms with van der Waals surface area (Å²) in [5.74, 6) is 0.819. The Kier molecular flexibility index (Phi) is 6.41. The largest absolute Gasteiger partial charge is 0.391 e. The molecular formula is C27H30N6O2. The summed E-state index contributed by atoms with van der Waals surface area (Å²) in [6.07, 6.45) is 5.59. The zero-order chi connectivity index (χ0) is 24.4. The van der Waals surface area contributed by atoms with E-state index in [-0.39, 0.29) is 5.56 Å². The standard InChI is InChI=1S/C27H30N6O2/c1-19-17-35-30-20(2)22(19)11-14-32-18-29-24-23(15-28)26(31-12-7-4-8-13-31)33(25(24)27(32)34)16-21-9-5-3-6-10-21/h3,5-6,9-10,18H,4,7-8,11-14,16-17H2,1-2H3. The predicted molar refractivity (Wildman–Crippen MR) is 137 cm³/mol. The SMILES string of the molecule is CC1=NOCC(C)=C1CCn1cnc2c(C#N)c(N3CCCCC3)n(Cc3ccccc3)c2c1=O. The molecular weight excluding hydrogens is 440 g/mol. The van der Waals surface area contributed by atoms with Gasteiger partial charge in [0, 0.05) is 26.2 Å². The second kappa shape index (κ2) is 9.79. The van der Waals surface area contributed by atoms with Crippen LogP contribution < -0.4 is 10.5 Å². The van der Waals surface area contributed by atoms with Gasteiger partial charge < -0.3 is 14.3 Å². The fourth-order valence-electron chi connectivity index (χ4n) is 5.17. The van der Waals surface area contributed by atoms with E-state index in [0.29, 0.717) is 42.7 Å². The van der Waals surface area contributed by atoms with Crippen molar-refractivity contribution in [2.75, 3.05) is 24.6 Å². The van der Waals surface area contributed by atoms with Gasteiger partial charge in [-0.25, -0.2) is 4.98 Å². The molecule has 35 heavy (non-hydrogen) atoms. The summed E-state index contributed by atoms with van der Waals surface area (Å²) >= 11 is 0. The molecule has 8 nitrogen and oxygen atoms in total. The van der Waals surface area contributed by atoms with Crippen LogP contribution in [0.25, 0.3) is 11.0 Å². The van der Waals surface area contributed by atoms with E-state index in [1.54, 1.807) is 10.9 Å². The van der Waals surface area contributed by atoms with E-state index >= 15 is 0 Å². The average Bonchev–Trinajstić information content (AvgIpc) is 3.19. The molecule has 0 atom stereocenters. The summed E-state index contributed by atoms with van der Waals surface area (Å²) < 4.78 is 3.68. The number of rotatable bonds is 6. The van der Waals surface area contributed by atoms with Crippen LogP contribution in [0.2, 0.25) is 0 Å². The molecule has 4 heterocycles. The van der Waals surface area contributed by atoms with E-state index in [4.69, 9.17) is 4.84 Å². The summed E-state index contributed by atoms with van der Waals surface area (Å²) in [4.78, 5) is 26.0. The van der Waals surface area contributed by atoms with Crippen molar-refractivity contribution in [2.45, 2.75) is 52.6 Å². The van der Waals surface area contributed by atoms with Crippen LogP contribution in [-0.2, 0) is 17.9 Å². The molecule has 0 amide bonds. The molecule has 3 aromatic rings. The van der Waals surface area contributed by atoms with Crippen LogP contribution in [0, 0.1) is 11.3 Å². The van der Waals surface area contributed by atoms with E-state index in [0.717, 1.165) is 54.2 Å². The highest BCUT2D eigenvalue weighted by Crippen LogP contribution is 2.32. The number of piperidine rings is 1. The third-order valence-electron chi connectivity index (χ3n) is 6.99. The van der Waals surface area contributed by atoms with Gasteiger partial charge in [-0.1, -0.05) is 35.5 Å². The minimum Gasteiger partial charge on any atom is -0.391 e. The lowest BCUT2D eigenvalue weighted by molar-refractivity contribution is 0.162. The molecule has 0 unspecified atom stereocenters. The lowest BCUT2D eigenvalue weighted by Crippen LogP contribution is -2.32. The number of nitriles is 1. The Bertz CT molecular complexity index is 1400. The zero-order valence-corrected chi connectivity index (χ0v) is 20.3. The van der Waals surface area contributed by atoms with Crippen molar-refractivity contribution in [3.05, 3.63) is 69.3 Å². The van der Waals surface area contributed by atoms with Gasteiger partial charge in [-0.3, -0.25) is 9.36 Å². The van der Waals surface area contributed by atoms with Gasteiger partial charge in [0.2, 0.25) is 0 Å².